The Bertz CT molecular complexity index is 954. The van der Waals surface area contributed by atoms with Crippen LogP contribution in [-0.2, 0) is 30.7 Å². The minimum absolute atomic E-state index is 0.308. The van der Waals surface area contributed by atoms with Crippen LogP contribution >= 0.6 is 22.7 Å². The molecule has 0 unspecified atom stereocenters. The maximum absolute atomic E-state index is 12.7. The number of hydrogen-bond acceptors (Lipinski definition) is 6. The van der Waals surface area contributed by atoms with Crippen LogP contribution in [0.4, 0.5) is 9.80 Å². The van der Waals surface area contributed by atoms with E-state index in [2.05, 4.69) is 22.9 Å². The highest BCUT2D eigenvalue weighted by Gasteiger charge is 2.26. The van der Waals surface area contributed by atoms with Gasteiger partial charge in [-0.05, 0) is 70.7 Å². The van der Waals surface area contributed by atoms with Crippen LogP contribution < -0.4 is 16.0 Å². The molecule has 3 N–H and O–H groups in total. The number of anilines is 1. The molecule has 6 nitrogen and oxygen atoms in total. The summed E-state index contributed by atoms with van der Waals surface area (Å²) in [7, 11) is 0. The number of ether oxygens (including phenoxy) is 1. The highest BCUT2D eigenvalue weighted by Crippen LogP contribution is 2.34. The molecule has 0 radical (unpaired) electrons. The fraction of sp³-hybridized carbons (Fsp3) is 0.545. The number of fused-ring (bicyclic) bond motifs is 1. The number of aryl methyl sites for hydroxylation is 2. The van der Waals surface area contributed by atoms with Gasteiger partial charge in [-0.25, -0.2) is 9.59 Å². The van der Waals surface area contributed by atoms with Crippen LogP contribution in [0.3, 0.4) is 0 Å². The maximum Gasteiger partial charge on any atom is 0.341 e. The van der Waals surface area contributed by atoms with Crippen LogP contribution in [0.1, 0.15) is 69.4 Å². The molecule has 0 saturated carbocycles. The van der Waals surface area contributed by atoms with E-state index in [1.165, 1.54) is 32.2 Å². The van der Waals surface area contributed by atoms with Gasteiger partial charge in [0.25, 0.3) is 0 Å². The number of hydrogen-bond donors (Lipinski definition) is 3. The summed E-state index contributed by atoms with van der Waals surface area (Å²) in [5.41, 5.74) is 3.32. The van der Waals surface area contributed by atoms with Crippen LogP contribution in [0.25, 0.3) is 0 Å². The molecule has 3 rings (SSSR count). The normalized spacial score (nSPS) is 13.7. The Morgan fingerprint density at radius 1 is 1.20 bits per heavy atom. The SMILES string of the molecule is CCc1sc2c(c1CNC(=O)Nc1sc(C)c(C)c1C(=O)OC(C)(C)C)CCNC2. The zero-order valence-corrected chi connectivity index (χ0v) is 20.2. The molecular formula is C22H31N3O3S2. The molecule has 2 aromatic heterocycles. The van der Waals surface area contributed by atoms with Gasteiger partial charge in [-0.1, -0.05) is 6.92 Å². The lowest BCUT2D eigenvalue weighted by molar-refractivity contribution is 0.00704. The molecule has 0 spiro atoms. The molecule has 30 heavy (non-hydrogen) atoms. The van der Waals surface area contributed by atoms with Gasteiger partial charge in [-0.3, -0.25) is 5.32 Å². The highest BCUT2D eigenvalue weighted by atomic mass is 32.1. The summed E-state index contributed by atoms with van der Waals surface area (Å²) < 4.78 is 5.54. The van der Waals surface area contributed by atoms with Gasteiger partial charge in [-0.2, -0.15) is 0 Å². The molecule has 1 aliphatic rings. The molecule has 0 aromatic carbocycles. The van der Waals surface area contributed by atoms with E-state index >= 15 is 0 Å². The van der Waals surface area contributed by atoms with E-state index in [4.69, 9.17) is 4.74 Å². The van der Waals surface area contributed by atoms with Crippen LogP contribution in [0.5, 0.6) is 0 Å². The van der Waals surface area contributed by atoms with Gasteiger partial charge in [0.05, 0.1) is 5.56 Å². The Labute approximate surface area is 186 Å². The number of esters is 1. The first-order chi connectivity index (χ1) is 14.1. The second-order valence-corrected chi connectivity index (χ2v) is 10.9. The van der Waals surface area contributed by atoms with Crippen molar-refractivity contribution in [2.24, 2.45) is 0 Å². The maximum atomic E-state index is 12.7. The fourth-order valence-electron chi connectivity index (χ4n) is 3.55. The van der Waals surface area contributed by atoms with Crippen LogP contribution in [0, 0.1) is 13.8 Å². The molecule has 0 atom stereocenters. The standard InChI is InChI=1S/C22H31N3O3S2/c1-7-16-15(14-8-9-23-11-17(14)30-16)10-24-21(27)25-19-18(12(2)13(3)29-19)20(26)28-22(4,5)6/h23H,7-11H2,1-6H3,(H2,24,25,27). The monoisotopic (exact) mass is 449 g/mol. The fourth-order valence-corrected chi connectivity index (χ4v) is 5.88. The van der Waals surface area contributed by atoms with E-state index in [1.54, 1.807) is 0 Å². The van der Waals surface area contributed by atoms with E-state index in [0.29, 0.717) is 17.1 Å². The number of carbonyl (C=O) groups excluding carboxylic acids is 2. The van der Waals surface area contributed by atoms with E-state index in [1.807, 2.05) is 46.0 Å². The van der Waals surface area contributed by atoms with Crippen molar-refractivity contribution in [2.75, 3.05) is 11.9 Å². The Morgan fingerprint density at radius 2 is 1.93 bits per heavy atom. The lowest BCUT2D eigenvalue weighted by Gasteiger charge is -2.20. The third kappa shape index (κ3) is 5.04. The quantitative estimate of drug-likeness (QED) is 0.567. The minimum Gasteiger partial charge on any atom is -0.456 e. The Balaban J connectivity index is 1.73. The van der Waals surface area contributed by atoms with Crippen molar-refractivity contribution in [3.05, 3.63) is 36.9 Å². The second-order valence-electron chi connectivity index (χ2n) is 8.48. The topological polar surface area (TPSA) is 79.5 Å². The lowest BCUT2D eigenvalue weighted by atomic mass is 10.0. The predicted octanol–water partition coefficient (Wildman–Crippen LogP) is 4.91. The predicted molar refractivity (Wildman–Crippen MR) is 124 cm³/mol. The average molecular weight is 450 g/mol. The van der Waals surface area contributed by atoms with Gasteiger partial charge in [0.15, 0.2) is 0 Å². The Hall–Kier alpha value is -1.90. The summed E-state index contributed by atoms with van der Waals surface area (Å²) in [6, 6.07) is -0.308. The van der Waals surface area contributed by atoms with E-state index in [0.717, 1.165) is 36.4 Å². The van der Waals surface area contributed by atoms with Gasteiger partial charge in [0, 0.05) is 27.7 Å². The first-order valence-corrected chi connectivity index (χ1v) is 11.9. The zero-order valence-electron chi connectivity index (χ0n) is 18.6. The van der Waals surface area contributed by atoms with Gasteiger partial charge in [0.2, 0.25) is 0 Å². The summed E-state index contributed by atoms with van der Waals surface area (Å²) >= 11 is 3.24. The van der Waals surface area contributed by atoms with Gasteiger partial charge in [0.1, 0.15) is 10.6 Å². The van der Waals surface area contributed by atoms with Crippen molar-refractivity contribution in [1.82, 2.24) is 10.6 Å². The zero-order chi connectivity index (χ0) is 22.1. The van der Waals surface area contributed by atoms with Crippen molar-refractivity contribution in [1.29, 1.82) is 0 Å². The third-order valence-corrected chi connectivity index (χ3v) is 7.62. The molecular weight excluding hydrogens is 418 g/mol. The van der Waals surface area contributed by atoms with Gasteiger partial charge in [-0.15, -0.1) is 22.7 Å². The molecule has 1 aliphatic heterocycles. The number of rotatable bonds is 5. The summed E-state index contributed by atoms with van der Waals surface area (Å²) in [6.07, 6.45) is 1.96. The summed E-state index contributed by atoms with van der Waals surface area (Å²) in [5.74, 6) is -0.410. The molecule has 0 saturated heterocycles. The first-order valence-electron chi connectivity index (χ1n) is 10.3. The third-order valence-electron chi connectivity index (χ3n) is 5.08. The molecule has 3 heterocycles. The molecule has 164 valence electrons. The summed E-state index contributed by atoms with van der Waals surface area (Å²) in [5, 5.41) is 9.81. The van der Waals surface area contributed by atoms with Crippen molar-refractivity contribution in [3.8, 4) is 0 Å². The number of amides is 2. The van der Waals surface area contributed by atoms with Crippen LogP contribution in [-0.4, -0.2) is 24.1 Å². The van der Waals surface area contributed by atoms with Gasteiger partial charge < -0.3 is 15.4 Å². The largest absolute Gasteiger partial charge is 0.456 e. The van der Waals surface area contributed by atoms with E-state index in [-0.39, 0.29) is 6.03 Å². The second kappa shape index (κ2) is 9.08. The smallest absolute Gasteiger partial charge is 0.341 e. The molecule has 8 heteroatoms. The van der Waals surface area contributed by atoms with E-state index in [9.17, 15) is 9.59 Å². The molecule has 0 aliphatic carbocycles. The Kier molecular flexibility index (Phi) is 6.89. The number of thiophene rings is 2. The van der Waals surface area contributed by atoms with Crippen molar-refractivity contribution < 1.29 is 14.3 Å². The van der Waals surface area contributed by atoms with Gasteiger partial charge >= 0.3 is 12.0 Å². The number of carbonyl (C=O) groups is 2. The average Bonchev–Trinajstić information content (AvgIpc) is 3.15. The molecule has 0 fully saturated rings. The van der Waals surface area contributed by atoms with E-state index < -0.39 is 11.6 Å². The minimum atomic E-state index is -0.595. The highest BCUT2D eigenvalue weighted by molar-refractivity contribution is 7.16. The summed E-state index contributed by atoms with van der Waals surface area (Å²) in [6.45, 7) is 13.9. The van der Waals surface area contributed by atoms with Crippen molar-refractivity contribution in [2.45, 2.75) is 73.1 Å². The summed E-state index contributed by atoms with van der Waals surface area (Å²) in [4.78, 5) is 29.1. The number of nitrogens with one attached hydrogen (secondary N) is 3. The van der Waals surface area contributed by atoms with Crippen LogP contribution in [0.15, 0.2) is 0 Å². The lowest BCUT2D eigenvalue weighted by Crippen LogP contribution is -2.30. The molecule has 2 aromatic rings. The van der Waals surface area contributed by atoms with Crippen LogP contribution in [0.2, 0.25) is 0 Å². The first kappa shape index (κ1) is 22.8. The Morgan fingerprint density at radius 3 is 2.60 bits per heavy atom. The molecule has 0 bridgehead atoms. The number of urea groups is 1. The molecule has 2 amide bonds. The van der Waals surface area contributed by atoms with Crippen molar-refractivity contribution in [3.63, 3.8) is 0 Å². The van der Waals surface area contributed by atoms with Crippen molar-refractivity contribution >= 4 is 39.7 Å².